The van der Waals surface area contributed by atoms with E-state index >= 15 is 0 Å². The highest BCUT2D eigenvalue weighted by atomic mass is 14.9. The van der Waals surface area contributed by atoms with Crippen LogP contribution in [0.2, 0.25) is 0 Å². The zero-order valence-corrected chi connectivity index (χ0v) is 12.3. The Bertz CT molecular complexity index is 470. The van der Waals surface area contributed by atoms with Gasteiger partial charge in [-0.3, -0.25) is 0 Å². The van der Waals surface area contributed by atoms with Crippen molar-refractivity contribution in [3.05, 3.63) is 59.2 Å². The number of rotatable bonds is 6. The van der Waals surface area contributed by atoms with Crippen LogP contribution in [0.15, 0.2) is 48.1 Å². The van der Waals surface area contributed by atoms with E-state index < -0.39 is 0 Å². The molecule has 0 heterocycles. The zero-order valence-electron chi connectivity index (χ0n) is 12.3. The summed E-state index contributed by atoms with van der Waals surface area (Å²) >= 11 is 0. The molecule has 2 atom stereocenters. The summed E-state index contributed by atoms with van der Waals surface area (Å²) in [5.41, 5.74) is 4.23. The van der Waals surface area contributed by atoms with Gasteiger partial charge in [-0.25, -0.2) is 0 Å². The molecule has 1 nitrogen and oxygen atoms in total. The predicted octanol–water partition coefficient (Wildman–Crippen LogP) is 4.74. The highest BCUT2D eigenvalue weighted by Gasteiger charge is 2.16. The van der Waals surface area contributed by atoms with Crippen molar-refractivity contribution >= 4 is 0 Å². The Morgan fingerprint density at radius 3 is 2.74 bits per heavy atom. The minimum absolute atomic E-state index is 0.422. The molecule has 1 aliphatic rings. The first-order valence-corrected chi connectivity index (χ1v) is 7.41. The number of hydrogen-bond acceptors (Lipinski definition) is 1. The number of nitrogens with one attached hydrogen (secondary N) is 1. The number of allylic oxidation sites excluding steroid dienone is 4. The molecule has 1 N–H and O–H groups in total. The normalized spacial score (nSPS) is 19.5. The molecule has 0 aliphatic heterocycles. The first-order valence-electron chi connectivity index (χ1n) is 7.41. The molecule has 2 rings (SSSR count). The second-order valence-electron chi connectivity index (χ2n) is 5.45. The molecule has 1 aliphatic carbocycles. The van der Waals surface area contributed by atoms with Gasteiger partial charge in [0.15, 0.2) is 0 Å². The van der Waals surface area contributed by atoms with E-state index in [9.17, 15) is 0 Å². The van der Waals surface area contributed by atoms with E-state index in [-0.39, 0.29) is 0 Å². The van der Waals surface area contributed by atoms with Gasteiger partial charge in [-0.15, -0.1) is 0 Å². The zero-order chi connectivity index (χ0) is 13.7. The van der Waals surface area contributed by atoms with Gasteiger partial charge < -0.3 is 5.32 Å². The maximum atomic E-state index is 3.63. The van der Waals surface area contributed by atoms with Crippen LogP contribution in [0.3, 0.4) is 0 Å². The molecule has 0 spiro atoms. The third kappa shape index (κ3) is 3.57. The van der Waals surface area contributed by atoms with Crippen LogP contribution in [-0.4, -0.2) is 6.54 Å². The van der Waals surface area contributed by atoms with Crippen LogP contribution in [0, 0.1) is 0 Å². The molecule has 0 fully saturated rings. The lowest BCUT2D eigenvalue weighted by Gasteiger charge is -2.20. The Hall–Kier alpha value is -1.34. The second-order valence-corrected chi connectivity index (χ2v) is 5.45. The fraction of sp³-hybridized carbons (Fsp3) is 0.444. The quantitative estimate of drug-likeness (QED) is 0.724. The molecule has 1 aromatic rings. The summed E-state index contributed by atoms with van der Waals surface area (Å²) in [6.45, 7) is 7.77. The average Bonchev–Trinajstić information content (AvgIpc) is 2.85. The summed E-state index contributed by atoms with van der Waals surface area (Å²) in [6.07, 6.45) is 9.35. The maximum absolute atomic E-state index is 3.63. The molecule has 102 valence electrons. The Balaban J connectivity index is 2.14. The second kappa shape index (κ2) is 6.72. The lowest BCUT2D eigenvalue weighted by Crippen LogP contribution is -2.21. The lowest BCUT2D eigenvalue weighted by atomic mass is 9.92. The third-order valence-corrected chi connectivity index (χ3v) is 3.81. The van der Waals surface area contributed by atoms with Gasteiger partial charge in [-0.05, 0) is 37.9 Å². The third-order valence-electron chi connectivity index (χ3n) is 3.81. The molecule has 0 saturated carbocycles. The number of benzene rings is 1. The summed E-state index contributed by atoms with van der Waals surface area (Å²) in [4.78, 5) is 0. The van der Waals surface area contributed by atoms with Crippen LogP contribution in [0.5, 0.6) is 0 Å². The molecular formula is C18H25N. The molecule has 0 amide bonds. The van der Waals surface area contributed by atoms with E-state index in [1.807, 2.05) is 0 Å². The smallest absolute Gasteiger partial charge is 0.0294 e. The summed E-state index contributed by atoms with van der Waals surface area (Å²) in [6, 6.07) is 9.23. The summed E-state index contributed by atoms with van der Waals surface area (Å²) in [5.74, 6) is 0.451. The largest absolute Gasteiger partial charge is 0.310 e. The van der Waals surface area contributed by atoms with Crippen molar-refractivity contribution in [2.45, 2.75) is 45.6 Å². The van der Waals surface area contributed by atoms with Crippen LogP contribution in [0.4, 0.5) is 0 Å². The molecule has 2 unspecified atom stereocenters. The first-order chi connectivity index (χ1) is 9.22. The monoisotopic (exact) mass is 255 g/mol. The Kier molecular flexibility index (Phi) is 4.98. The fourth-order valence-corrected chi connectivity index (χ4v) is 2.66. The minimum Gasteiger partial charge on any atom is -0.310 e. The minimum atomic E-state index is 0.422. The summed E-state index contributed by atoms with van der Waals surface area (Å²) < 4.78 is 0. The molecule has 0 bridgehead atoms. The van der Waals surface area contributed by atoms with Crippen LogP contribution in [0.25, 0.3) is 0 Å². The first kappa shape index (κ1) is 14.1. The summed E-state index contributed by atoms with van der Waals surface area (Å²) in [5, 5.41) is 3.63. The van der Waals surface area contributed by atoms with Crippen LogP contribution >= 0.6 is 0 Å². The van der Waals surface area contributed by atoms with Gasteiger partial charge >= 0.3 is 0 Å². The van der Waals surface area contributed by atoms with Gasteiger partial charge in [-0.1, -0.05) is 61.4 Å². The van der Waals surface area contributed by atoms with Crippen molar-refractivity contribution < 1.29 is 0 Å². The fourth-order valence-electron chi connectivity index (χ4n) is 2.66. The average molecular weight is 255 g/mol. The van der Waals surface area contributed by atoms with Gasteiger partial charge in [0.2, 0.25) is 0 Å². The highest BCUT2D eigenvalue weighted by molar-refractivity contribution is 5.43. The molecule has 1 aromatic carbocycles. The lowest BCUT2D eigenvalue weighted by molar-refractivity contribution is 0.551. The standard InChI is InChI=1S/C18H25N/c1-4-5-12-19-15(3)17-8-6-7-9-18(17)16-11-10-14(2)13-16/h6-11,13,15-16,19H,4-5,12H2,1-3H3. The van der Waals surface area contributed by atoms with Crippen LogP contribution in [0.1, 0.15) is 56.7 Å². The number of hydrogen-bond donors (Lipinski definition) is 1. The van der Waals surface area contributed by atoms with Crippen LogP contribution in [-0.2, 0) is 0 Å². The van der Waals surface area contributed by atoms with E-state index in [1.165, 1.54) is 29.5 Å². The van der Waals surface area contributed by atoms with Crippen molar-refractivity contribution in [2.24, 2.45) is 0 Å². The Labute approximate surface area is 117 Å². The SMILES string of the molecule is CCCCNC(C)c1ccccc1C1C=CC(C)=C1. The van der Waals surface area contributed by atoms with Crippen molar-refractivity contribution in [3.8, 4) is 0 Å². The van der Waals surface area contributed by atoms with Gasteiger partial charge in [-0.2, -0.15) is 0 Å². The van der Waals surface area contributed by atoms with Crippen molar-refractivity contribution in [1.29, 1.82) is 0 Å². The van der Waals surface area contributed by atoms with E-state index in [2.05, 4.69) is 68.6 Å². The topological polar surface area (TPSA) is 12.0 Å². The Morgan fingerprint density at radius 1 is 1.26 bits per heavy atom. The molecule has 0 radical (unpaired) electrons. The predicted molar refractivity (Wildman–Crippen MR) is 83.4 cm³/mol. The van der Waals surface area contributed by atoms with Gasteiger partial charge in [0.05, 0.1) is 0 Å². The number of unbranched alkanes of at least 4 members (excludes halogenated alkanes) is 1. The van der Waals surface area contributed by atoms with E-state index in [0.29, 0.717) is 12.0 Å². The molecule has 1 heteroatoms. The molecule has 0 aromatic heterocycles. The van der Waals surface area contributed by atoms with E-state index in [4.69, 9.17) is 0 Å². The van der Waals surface area contributed by atoms with Gasteiger partial charge in [0.25, 0.3) is 0 Å². The molecule has 19 heavy (non-hydrogen) atoms. The van der Waals surface area contributed by atoms with E-state index in [0.717, 1.165) is 6.54 Å². The Morgan fingerprint density at radius 2 is 2.05 bits per heavy atom. The van der Waals surface area contributed by atoms with Gasteiger partial charge in [0.1, 0.15) is 0 Å². The van der Waals surface area contributed by atoms with Crippen molar-refractivity contribution in [2.75, 3.05) is 6.54 Å². The van der Waals surface area contributed by atoms with Crippen molar-refractivity contribution in [3.63, 3.8) is 0 Å². The van der Waals surface area contributed by atoms with Crippen LogP contribution < -0.4 is 5.32 Å². The van der Waals surface area contributed by atoms with E-state index in [1.54, 1.807) is 0 Å². The maximum Gasteiger partial charge on any atom is 0.0294 e. The molecular weight excluding hydrogens is 230 g/mol. The molecule has 0 saturated heterocycles. The van der Waals surface area contributed by atoms with Crippen molar-refractivity contribution in [1.82, 2.24) is 5.32 Å². The summed E-state index contributed by atoms with van der Waals surface area (Å²) in [7, 11) is 0. The van der Waals surface area contributed by atoms with Gasteiger partial charge in [0, 0.05) is 12.0 Å². The highest BCUT2D eigenvalue weighted by Crippen LogP contribution is 2.31.